The van der Waals surface area contributed by atoms with Crippen LogP contribution in [0.2, 0.25) is 0 Å². The average Bonchev–Trinajstić information content (AvgIpc) is 2.39. The Morgan fingerprint density at radius 2 is 2.38 bits per heavy atom. The molecule has 0 saturated heterocycles. The van der Waals surface area contributed by atoms with E-state index < -0.39 is 0 Å². The average molecular weight is 197 g/mol. The first kappa shape index (κ1) is 10.1. The number of nitrogens with zero attached hydrogens (tertiary/aromatic N) is 2. The highest BCUT2D eigenvalue weighted by atomic mass is 35.5. The second kappa shape index (κ2) is 4.94. The van der Waals surface area contributed by atoms with Gasteiger partial charge < -0.3 is 0 Å². The molecule has 2 nitrogen and oxygen atoms in total. The molecule has 0 fully saturated rings. The van der Waals surface area contributed by atoms with Crippen molar-refractivity contribution in [1.29, 1.82) is 0 Å². The third-order valence-electron chi connectivity index (χ3n) is 1.67. The largest absolute Gasteiger partial charge is 0.274 e. The number of halogens is 1. The standard InChI is InChI=1S/C10H13ClN2/c1-9-10(8-13(2)12-9)6-4-3-5-7-11/h8H,3,5,7H2,1-2H3. The predicted molar refractivity (Wildman–Crippen MR) is 54.8 cm³/mol. The Bertz CT molecular complexity index is 330. The fourth-order valence-corrected chi connectivity index (χ4v) is 1.17. The first-order valence-corrected chi connectivity index (χ1v) is 4.82. The van der Waals surface area contributed by atoms with Gasteiger partial charge in [-0.2, -0.15) is 5.10 Å². The summed E-state index contributed by atoms with van der Waals surface area (Å²) < 4.78 is 1.78. The Hall–Kier alpha value is -0.940. The van der Waals surface area contributed by atoms with Crippen molar-refractivity contribution in [2.45, 2.75) is 19.8 Å². The number of rotatable bonds is 2. The van der Waals surface area contributed by atoms with Crippen molar-refractivity contribution in [3.05, 3.63) is 17.5 Å². The van der Waals surface area contributed by atoms with Crippen molar-refractivity contribution in [2.75, 3.05) is 5.88 Å². The van der Waals surface area contributed by atoms with Gasteiger partial charge in [-0.15, -0.1) is 11.6 Å². The lowest BCUT2D eigenvalue weighted by atomic mass is 10.2. The molecule has 0 bridgehead atoms. The summed E-state index contributed by atoms with van der Waals surface area (Å²) in [6, 6.07) is 0. The van der Waals surface area contributed by atoms with Crippen LogP contribution in [0.1, 0.15) is 24.1 Å². The van der Waals surface area contributed by atoms with E-state index in [2.05, 4.69) is 16.9 Å². The van der Waals surface area contributed by atoms with Crippen LogP contribution in [0.15, 0.2) is 6.20 Å². The highest BCUT2D eigenvalue weighted by molar-refractivity contribution is 6.17. The van der Waals surface area contributed by atoms with Gasteiger partial charge in [0.05, 0.1) is 11.3 Å². The van der Waals surface area contributed by atoms with Gasteiger partial charge in [-0.3, -0.25) is 4.68 Å². The van der Waals surface area contributed by atoms with E-state index in [1.165, 1.54) is 0 Å². The zero-order chi connectivity index (χ0) is 9.68. The maximum atomic E-state index is 5.53. The van der Waals surface area contributed by atoms with Gasteiger partial charge in [0.1, 0.15) is 0 Å². The van der Waals surface area contributed by atoms with E-state index in [9.17, 15) is 0 Å². The van der Waals surface area contributed by atoms with Crippen molar-refractivity contribution in [3.8, 4) is 11.8 Å². The SMILES string of the molecule is Cc1nn(C)cc1C#CCCCCl. The minimum atomic E-state index is 0.681. The summed E-state index contributed by atoms with van der Waals surface area (Å²) in [4.78, 5) is 0. The molecule has 0 unspecified atom stereocenters. The summed E-state index contributed by atoms with van der Waals surface area (Å²) in [6.07, 6.45) is 3.74. The van der Waals surface area contributed by atoms with Gasteiger partial charge in [0.25, 0.3) is 0 Å². The van der Waals surface area contributed by atoms with Crippen LogP contribution >= 0.6 is 11.6 Å². The molecule has 0 aromatic carbocycles. The van der Waals surface area contributed by atoms with Crippen LogP contribution < -0.4 is 0 Å². The normalized spacial score (nSPS) is 9.46. The molecule has 0 amide bonds. The van der Waals surface area contributed by atoms with Gasteiger partial charge in [-0.25, -0.2) is 0 Å². The van der Waals surface area contributed by atoms with E-state index in [0.29, 0.717) is 5.88 Å². The van der Waals surface area contributed by atoms with Gasteiger partial charge >= 0.3 is 0 Å². The molecular weight excluding hydrogens is 184 g/mol. The summed E-state index contributed by atoms with van der Waals surface area (Å²) in [7, 11) is 1.90. The summed E-state index contributed by atoms with van der Waals surface area (Å²) >= 11 is 5.53. The number of aromatic nitrogens is 2. The van der Waals surface area contributed by atoms with Gasteiger partial charge in [0, 0.05) is 25.5 Å². The summed E-state index contributed by atoms with van der Waals surface area (Å²) in [5.41, 5.74) is 2.00. The third-order valence-corrected chi connectivity index (χ3v) is 1.94. The lowest BCUT2D eigenvalue weighted by molar-refractivity contribution is 0.756. The Balaban J connectivity index is 2.60. The van der Waals surface area contributed by atoms with Crippen LogP contribution in [-0.4, -0.2) is 15.7 Å². The van der Waals surface area contributed by atoms with E-state index in [0.717, 1.165) is 24.1 Å². The van der Waals surface area contributed by atoms with E-state index in [1.54, 1.807) is 4.68 Å². The molecule has 0 N–H and O–H groups in total. The summed E-state index contributed by atoms with van der Waals surface area (Å²) in [5.74, 6) is 6.83. The minimum Gasteiger partial charge on any atom is -0.274 e. The maximum absolute atomic E-state index is 5.53. The third kappa shape index (κ3) is 3.12. The van der Waals surface area contributed by atoms with Crippen molar-refractivity contribution >= 4 is 11.6 Å². The molecule has 13 heavy (non-hydrogen) atoms. The minimum absolute atomic E-state index is 0.681. The summed E-state index contributed by atoms with van der Waals surface area (Å²) in [5, 5.41) is 4.20. The molecule has 0 aliphatic heterocycles. The Morgan fingerprint density at radius 3 is 2.92 bits per heavy atom. The molecule has 0 aliphatic rings. The Labute approximate surface area is 83.9 Å². The van der Waals surface area contributed by atoms with Crippen LogP contribution in [0.25, 0.3) is 0 Å². The first-order chi connectivity index (χ1) is 6.24. The number of hydrogen-bond donors (Lipinski definition) is 0. The van der Waals surface area contributed by atoms with Gasteiger partial charge in [-0.05, 0) is 13.3 Å². The molecule has 0 spiro atoms. The molecule has 0 aliphatic carbocycles. The quantitative estimate of drug-likeness (QED) is 0.403. The van der Waals surface area contributed by atoms with E-state index >= 15 is 0 Å². The van der Waals surface area contributed by atoms with Crippen LogP contribution in [0.5, 0.6) is 0 Å². The zero-order valence-electron chi connectivity index (χ0n) is 7.97. The molecule has 0 radical (unpaired) electrons. The molecule has 1 aromatic rings. The molecule has 1 heterocycles. The fourth-order valence-electron chi connectivity index (χ4n) is 1.04. The van der Waals surface area contributed by atoms with Crippen LogP contribution in [0, 0.1) is 18.8 Å². The van der Waals surface area contributed by atoms with Crippen molar-refractivity contribution in [1.82, 2.24) is 9.78 Å². The lowest BCUT2D eigenvalue weighted by Gasteiger charge is -1.83. The molecule has 0 atom stereocenters. The maximum Gasteiger partial charge on any atom is 0.0750 e. The second-order valence-corrected chi connectivity index (χ2v) is 3.27. The predicted octanol–water partition coefficient (Wildman–Crippen LogP) is 2.10. The van der Waals surface area contributed by atoms with E-state index in [4.69, 9.17) is 11.6 Å². The first-order valence-electron chi connectivity index (χ1n) is 4.29. The molecule has 70 valence electrons. The van der Waals surface area contributed by atoms with E-state index in [-0.39, 0.29) is 0 Å². The number of alkyl halides is 1. The van der Waals surface area contributed by atoms with Gasteiger partial charge in [-0.1, -0.05) is 11.8 Å². The van der Waals surface area contributed by atoms with Gasteiger partial charge in [0.2, 0.25) is 0 Å². The smallest absolute Gasteiger partial charge is 0.0750 e. The molecule has 3 heteroatoms. The topological polar surface area (TPSA) is 17.8 Å². The highest BCUT2D eigenvalue weighted by Crippen LogP contribution is 2.02. The number of unbranched alkanes of at least 4 members (excludes halogenated alkanes) is 1. The van der Waals surface area contributed by atoms with Crippen molar-refractivity contribution < 1.29 is 0 Å². The van der Waals surface area contributed by atoms with Crippen LogP contribution in [0.4, 0.5) is 0 Å². The number of aryl methyl sites for hydroxylation is 2. The van der Waals surface area contributed by atoms with Crippen LogP contribution in [-0.2, 0) is 7.05 Å². The molecule has 1 aromatic heterocycles. The molecule has 0 saturated carbocycles. The van der Waals surface area contributed by atoms with Crippen molar-refractivity contribution in [2.24, 2.45) is 7.05 Å². The number of hydrogen-bond acceptors (Lipinski definition) is 1. The lowest BCUT2D eigenvalue weighted by Crippen LogP contribution is -1.86. The fraction of sp³-hybridized carbons (Fsp3) is 0.500. The highest BCUT2D eigenvalue weighted by Gasteiger charge is 1.97. The monoisotopic (exact) mass is 196 g/mol. The summed E-state index contributed by atoms with van der Waals surface area (Å²) in [6.45, 7) is 1.96. The zero-order valence-corrected chi connectivity index (χ0v) is 8.73. The molecule has 1 rings (SSSR count). The second-order valence-electron chi connectivity index (χ2n) is 2.90. The Kier molecular flexibility index (Phi) is 3.85. The van der Waals surface area contributed by atoms with Crippen molar-refractivity contribution in [3.63, 3.8) is 0 Å². The Morgan fingerprint density at radius 1 is 1.62 bits per heavy atom. The molecular formula is C10H13ClN2. The van der Waals surface area contributed by atoms with Gasteiger partial charge in [0.15, 0.2) is 0 Å². The van der Waals surface area contributed by atoms with E-state index in [1.807, 2.05) is 20.2 Å². The van der Waals surface area contributed by atoms with Crippen LogP contribution in [0.3, 0.4) is 0 Å².